The second-order valence-electron chi connectivity index (χ2n) is 5.36. The van der Waals surface area contributed by atoms with Crippen LogP contribution in [-0.4, -0.2) is 15.5 Å². The maximum atomic E-state index is 12.6. The van der Waals surface area contributed by atoms with Gasteiger partial charge in [0.05, 0.1) is 10.8 Å². The summed E-state index contributed by atoms with van der Waals surface area (Å²) in [5, 5.41) is 2.59. The minimum Gasteiger partial charge on any atom is -0.328 e. The smallest absolute Gasteiger partial charge is 0.0561 e. The lowest BCUT2D eigenvalue weighted by Gasteiger charge is -2.26. The summed E-state index contributed by atoms with van der Waals surface area (Å²) in [5.74, 6) is 0. The van der Waals surface area contributed by atoms with Gasteiger partial charge in [-0.15, -0.1) is 0 Å². The van der Waals surface area contributed by atoms with E-state index in [0.717, 1.165) is 36.0 Å². The van der Waals surface area contributed by atoms with Gasteiger partial charge in [-0.1, -0.05) is 36.8 Å². The molecule has 0 spiro atoms. The number of benzene rings is 2. The molecule has 0 bridgehead atoms. The van der Waals surface area contributed by atoms with Gasteiger partial charge in [-0.3, -0.25) is 4.21 Å². The zero-order chi connectivity index (χ0) is 13.2. The van der Waals surface area contributed by atoms with Crippen LogP contribution >= 0.6 is 0 Å². The van der Waals surface area contributed by atoms with Crippen molar-refractivity contribution in [2.24, 2.45) is 5.73 Å². The fraction of sp³-hybridized carbons (Fsp3) is 0.375. The first kappa shape index (κ1) is 12.8. The topological polar surface area (TPSA) is 43.1 Å². The van der Waals surface area contributed by atoms with Crippen LogP contribution in [0, 0.1) is 0 Å². The lowest BCUT2D eigenvalue weighted by atomic mass is 9.96. The number of rotatable bonds is 2. The molecule has 2 aromatic rings. The molecular formula is C16H19NOS. The minimum absolute atomic E-state index is 0.225. The van der Waals surface area contributed by atoms with Crippen molar-refractivity contribution in [3.8, 4) is 0 Å². The lowest BCUT2D eigenvalue weighted by Crippen LogP contribution is -2.33. The van der Waals surface area contributed by atoms with Crippen LogP contribution in [-0.2, 0) is 10.8 Å². The van der Waals surface area contributed by atoms with Crippen molar-refractivity contribution < 1.29 is 4.21 Å². The number of fused-ring (bicyclic) bond motifs is 1. The van der Waals surface area contributed by atoms with E-state index in [2.05, 4.69) is 24.3 Å². The van der Waals surface area contributed by atoms with E-state index in [-0.39, 0.29) is 11.3 Å². The summed E-state index contributed by atoms with van der Waals surface area (Å²) in [4.78, 5) is 0.942. The Hall–Kier alpha value is -1.19. The summed E-state index contributed by atoms with van der Waals surface area (Å²) in [7, 11) is -0.927. The third kappa shape index (κ3) is 2.72. The van der Waals surface area contributed by atoms with Crippen molar-refractivity contribution in [1.82, 2.24) is 0 Å². The molecule has 0 saturated heterocycles. The largest absolute Gasteiger partial charge is 0.328 e. The molecule has 0 aromatic heterocycles. The number of hydrogen-bond donors (Lipinski definition) is 1. The quantitative estimate of drug-likeness (QED) is 0.913. The Morgan fingerprint density at radius 1 is 1.05 bits per heavy atom. The lowest BCUT2D eigenvalue weighted by molar-refractivity contribution is 0.444. The highest BCUT2D eigenvalue weighted by Crippen LogP contribution is 2.27. The van der Waals surface area contributed by atoms with E-state index in [4.69, 9.17) is 5.73 Å². The zero-order valence-electron chi connectivity index (χ0n) is 10.9. The van der Waals surface area contributed by atoms with Crippen LogP contribution in [0.4, 0.5) is 0 Å². The average molecular weight is 273 g/mol. The molecule has 3 heteroatoms. The Balaban J connectivity index is 1.88. The van der Waals surface area contributed by atoms with Gasteiger partial charge in [0, 0.05) is 16.2 Å². The molecule has 19 heavy (non-hydrogen) atoms. The van der Waals surface area contributed by atoms with E-state index >= 15 is 0 Å². The van der Waals surface area contributed by atoms with Crippen molar-refractivity contribution in [2.45, 2.75) is 41.9 Å². The van der Waals surface area contributed by atoms with Crippen molar-refractivity contribution in [3.05, 3.63) is 42.5 Å². The van der Waals surface area contributed by atoms with Crippen LogP contribution in [0.25, 0.3) is 10.8 Å². The van der Waals surface area contributed by atoms with Crippen molar-refractivity contribution in [1.29, 1.82) is 0 Å². The molecule has 0 aliphatic heterocycles. The van der Waals surface area contributed by atoms with Gasteiger partial charge in [0.1, 0.15) is 0 Å². The zero-order valence-corrected chi connectivity index (χ0v) is 11.7. The monoisotopic (exact) mass is 273 g/mol. The molecule has 2 aromatic carbocycles. The number of hydrogen-bond acceptors (Lipinski definition) is 2. The Labute approximate surface area is 116 Å². The van der Waals surface area contributed by atoms with Crippen LogP contribution in [0.2, 0.25) is 0 Å². The summed E-state index contributed by atoms with van der Waals surface area (Å²) >= 11 is 0. The van der Waals surface area contributed by atoms with Crippen molar-refractivity contribution >= 4 is 21.6 Å². The average Bonchev–Trinajstić information content (AvgIpc) is 2.46. The Morgan fingerprint density at radius 3 is 2.63 bits per heavy atom. The third-order valence-electron chi connectivity index (χ3n) is 3.92. The van der Waals surface area contributed by atoms with Crippen molar-refractivity contribution in [3.63, 3.8) is 0 Å². The van der Waals surface area contributed by atoms with Gasteiger partial charge in [-0.05, 0) is 42.2 Å². The van der Waals surface area contributed by atoms with Crippen LogP contribution in [0.15, 0.2) is 47.4 Å². The summed E-state index contributed by atoms with van der Waals surface area (Å²) < 4.78 is 12.6. The first-order valence-electron chi connectivity index (χ1n) is 6.89. The van der Waals surface area contributed by atoms with Crippen LogP contribution in [0.3, 0.4) is 0 Å². The van der Waals surface area contributed by atoms with Crippen LogP contribution < -0.4 is 5.73 Å². The van der Waals surface area contributed by atoms with E-state index in [9.17, 15) is 4.21 Å². The third-order valence-corrected chi connectivity index (χ3v) is 5.67. The first-order valence-corrected chi connectivity index (χ1v) is 8.10. The first-order chi connectivity index (χ1) is 9.24. The molecule has 3 rings (SSSR count). The van der Waals surface area contributed by atoms with E-state index in [1.165, 1.54) is 5.39 Å². The summed E-state index contributed by atoms with van der Waals surface area (Å²) in [6.07, 6.45) is 4.10. The van der Waals surface area contributed by atoms with Gasteiger partial charge in [-0.2, -0.15) is 0 Å². The van der Waals surface area contributed by atoms with E-state index in [1.807, 2.05) is 18.2 Å². The van der Waals surface area contributed by atoms with E-state index < -0.39 is 10.8 Å². The molecule has 2 N–H and O–H groups in total. The maximum Gasteiger partial charge on any atom is 0.0561 e. The second-order valence-corrected chi connectivity index (χ2v) is 7.09. The van der Waals surface area contributed by atoms with Crippen LogP contribution in [0.5, 0.6) is 0 Å². The van der Waals surface area contributed by atoms with Crippen molar-refractivity contribution in [2.75, 3.05) is 0 Å². The fourth-order valence-corrected chi connectivity index (χ4v) is 4.49. The van der Waals surface area contributed by atoms with Gasteiger partial charge >= 0.3 is 0 Å². The van der Waals surface area contributed by atoms with Gasteiger partial charge in [0.15, 0.2) is 0 Å². The Morgan fingerprint density at radius 2 is 1.84 bits per heavy atom. The van der Waals surface area contributed by atoms with Gasteiger partial charge in [-0.25, -0.2) is 0 Å². The highest BCUT2D eigenvalue weighted by Gasteiger charge is 2.25. The van der Waals surface area contributed by atoms with E-state index in [0.29, 0.717) is 0 Å². The molecular weight excluding hydrogens is 254 g/mol. The molecule has 1 fully saturated rings. The molecule has 1 saturated carbocycles. The van der Waals surface area contributed by atoms with Crippen LogP contribution in [0.1, 0.15) is 25.7 Å². The van der Waals surface area contributed by atoms with Gasteiger partial charge < -0.3 is 5.73 Å². The minimum atomic E-state index is -0.927. The summed E-state index contributed by atoms with van der Waals surface area (Å²) in [6, 6.07) is 14.5. The molecule has 0 amide bonds. The second kappa shape index (κ2) is 5.43. The molecule has 3 unspecified atom stereocenters. The molecule has 3 atom stereocenters. The molecule has 0 heterocycles. The summed E-state index contributed by atoms with van der Waals surface area (Å²) in [5.41, 5.74) is 6.00. The van der Waals surface area contributed by atoms with Gasteiger partial charge in [0.2, 0.25) is 0 Å². The fourth-order valence-electron chi connectivity index (χ4n) is 2.86. The Kier molecular flexibility index (Phi) is 3.67. The summed E-state index contributed by atoms with van der Waals surface area (Å²) in [6.45, 7) is 0. The standard InChI is InChI=1S/C16H19NOS/c17-14-6-3-7-15(11-14)19(18)16-9-8-12-4-1-2-5-13(12)10-16/h1-2,4-5,8-10,14-15H,3,6-7,11,17H2. The highest BCUT2D eigenvalue weighted by atomic mass is 32.2. The predicted octanol–water partition coefficient (Wildman–Crippen LogP) is 3.22. The van der Waals surface area contributed by atoms with Gasteiger partial charge in [0.25, 0.3) is 0 Å². The highest BCUT2D eigenvalue weighted by molar-refractivity contribution is 7.85. The molecule has 100 valence electrons. The normalized spacial score (nSPS) is 25.3. The molecule has 1 aliphatic rings. The maximum absolute atomic E-state index is 12.6. The molecule has 1 aliphatic carbocycles. The van der Waals surface area contributed by atoms with E-state index in [1.54, 1.807) is 0 Å². The molecule has 2 nitrogen and oxygen atoms in total. The predicted molar refractivity (Wildman–Crippen MR) is 80.6 cm³/mol. The molecule has 0 radical (unpaired) electrons. The number of nitrogens with two attached hydrogens (primary N) is 1. The Bertz CT molecular complexity index is 610. The SMILES string of the molecule is NC1CCCC(S(=O)c2ccc3ccccc3c2)C1.